The molecule has 31 heavy (non-hydrogen) atoms. The Morgan fingerprint density at radius 2 is 1.74 bits per heavy atom. The van der Waals surface area contributed by atoms with Gasteiger partial charge in [-0.05, 0) is 42.7 Å². The molecule has 0 spiro atoms. The number of nitrogens with one attached hydrogen (secondary N) is 2. The highest BCUT2D eigenvalue weighted by molar-refractivity contribution is 7.92. The number of carbonyl (C=O) groups is 2. The molecule has 1 heterocycles. The Bertz CT molecular complexity index is 1080. The molecule has 0 aliphatic carbocycles. The van der Waals surface area contributed by atoms with Crippen LogP contribution in [0.25, 0.3) is 6.08 Å². The van der Waals surface area contributed by atoms with E-state index in [0.29, 0.717) is 29.2 Å². The summed E-state index contributed by atoms with van der Waals surface area (Å²) >= 11 is 6.16. The van der Waals surface area contributed by atoms with Crippen LogP contribution >= 0.6 is 11.6 Å². The number of halogens is 1. The van der Waals surface area contributed by atoms with Crippen LogP contribution in [-0.2, 0) is 19.6 Å². The maximum atomic E-state index is 12.7. The minimum atomic E-state index is -3.55. The van der Waals surface area contributed by atoms with Gasteiger partial charge in [-0.1, -0.05) is 41.9 Å². The van der Waals surface area contributed by atoms with Gasteiger partial charge < -0.3 is 10.6 Å². The Morgan fingerprint density at radius 3 is 2.39 bits per heavy atom. The summed E-state index contributed by atoms with van der Waals surface area (Å²) < 4.78 is 26.6. The summed E-state index contributed by atoms with van der Waals surface area (Å²) in [5, 5.41) is 6.99. The predicted octanol–water partition coefficient (Wildman–Crippen LogP) is 3.95. The lowest BCUT2D eigenvalue weighted by atomic mass is 9.97. The SMILES string of the molecule is CC(=O)Nc1ccc(Cl)c(NC(=O)C2CCN(S(=O)(=O)C=Cc3ccccc3)CC2)c1. The third kappa shape index (κ3) is 6.40. The lowest BCUT2D eigenvalue weighted by molar-refractivity contribution is -0.121. The fraction of sp³-hybridized carbons (Fsp3) is 0.273. The first-order chi connectivity index (χ1) is 14.7. The van der Waals surface area contributed by atoms with Crippen LogP contribution < -0.4 is 10.6 Å². The highest BCUT2D eigenvalue weighted by Gasteiger charge is 2.30. The molecule has 0 atom stereocenters. The van der Waals surface area contributed by atoms with E-state index in [-0.39, 0.29) is 30.8 Å². The number of rotatable bonds is 6. The van der Waals surface area contributed by atoms with Crippen LogP contribution in [0.2, 0.25) is 5.02 Å². The number of anilines is 2. The molecule has 2 aromatic carbocycles. The maximum Gasteiger partial charge on any atom is 0.236 e. The third-order valence-electron chi connectivity index (χ3n) is 4.96. The molecular formula is C22H24ClN3O4S. The van der Waals surface area contributed by atoms with Crippen LogP contribution in [0.15, 0.2) is 53.9 Å². The Hall–Kier alpha value is -2.68. The topological polar surface area (TPSA) is 95.6 Å². The van der Waals surface area contributed by atoms with Crippen molar-refractivity contribution >= 4 is 50.9 Å². The number of hydrogen-bond donors (Lipinski definition) is 2. The quantitative estimate of drug-likeness (QED) is 0.680. The molecule has 0 aromatic heterocycles. The zero-order valence-electron chi connectivity index (χ0n) is 17.0. The Balaban J connectivity index is 1.58. The molecule has 164 valence electrons. The van der Waals surface area contributed by atoms with Crippen molar-refractivity contribution in [2.75, 3.05) is 23.7 Å². The van der Waals surface area contributed by atoms with Crippen LogP contribution in [0.5, 0.6) is 0 Å². The van der Waals surface area contributed by atoms with Gasteiger partial charge in [0.15, 0.2) is 0 Å². The van der Waals surface area contributed by atoms with Gasteiger partial charge in [-0.3, -0.25) is 9.59 Å². The van der Waals surface area contributed by atoms with Crippen LogP contribution in [-0.4, -0.2) is 37.6 Å². The summed E-state index contributed by atoms with van der Waals surface area (Å²) in [5.74, 6) is -0.779. The largest absolute Gasteiger partial charge is 0.326 e. The molecule has 9 heteroatoms. The number of carbonyl (C=O) groups excluding carboxylic acids is 2. The van der Waals surface area contributed by atoms with Crippen molar-refractivity contribution < 1.29 is 18.0 Å². The number of nitrogens with zero attached hydrogens (tertiary/aromatic N) is 1. The van der Waals surface area contributed by atoms with Crippen LogP contribution in [0.1, 0.15) is 25.3 Å². The number of sulfonamides is 1. The van der Waals surface area contributed by atoms with Crippen molar-refractivity contribution in [3.05, 3.63) is 64.5 Å². The van der Waals surface area contributed by atoms with E-state index in [1.165, 1.54) is 16.6 Å². The zero-order chi connectivity index (χ0) is 22.4. The molecule has 0 radical (unpaired) electrons. The smallest absolute Gasteiger partial charge is 0.236 e. The second-order valence-electron chi connectivity index (χ2n) is 7.30. The first kappa shape index (κ1) is 23.0. The molecule has 1 saturated heterocycles. The summed E-state index contributed by atoms with van der Waals surface area (Å²) in [6.07, 6.45) is 2.39. The predicted molar refractivity (Wildman–Crippen MR) is 123 cm³/mol. The van der Waals surface area contributed by atoms with Gasteiger partial charge in [-0.2, -0.15) is 4.31 Å². The maximum absolute atomic E-state index is 12.7. The highest BCUT2D eigenvalue weighted by Crippen LogP contribution is 2.28. The number of amides is 2. The van der Waals surface area contributed by atoms with Crippen molar-refractivity contribution in [2.45, 2.75) is 19.8 Å². The minimum Gasteiger partial charge on any atom is -0.326 e. The lowest BCUT2D eigenvalue weighted by Gasteiger charge is -2.29. The van der Waals surface area contributed by atoms with Gasteiger partial charge in [0.05, 0.1) is 10.7 Å². The molecule has 2 amide bonds. The van der Waals surface area contributed by atoms with Gasteiger partial charge in [0.2, 0.25) is 21.8 Å². The van der Waals surface area contributed by atoms with E-state index >= 15 is 0 Å². The van der Waals surface area contributed by atoms with E-state index in [2.05, 4.69) is 10.6 Å². The zero-order valence-corrected chi connectivity index (χ0v) is 18.6. The molecule has 2 aromatic rings. The summed E-state index contributed by atoms with van der Waals surface area (Å²) in [6.45, 7) is 1.92. The van der Waals surface area contributed by atoms with Crippen LogP contribution in [0.3, 0.4) is 0 Å². The molecule has 1 aliphatic rings. The van der Waals surface area contributed by atoms with Gasteiger partial charge in [0.25, 0.3) is 0 Å². The molecule has 3 rings (SSSR count). The Labute approximate surface area is 187 Å². The fourth-order valence-corrected chi connectivity index (χ4v) is 4.71. The summed E-state index contributed by atoms with van der Waals surface area (Å²) in [7, 11) is -3.55. The number of hydrogen-bond acceptors (Lipinski definition) is 4. The van der Waals surface area contributed by atoms with Crippen molar-refractivity contribution in [2.24, 2.45) is 5.92 Å². The van der Waals surface area contributed by atoms with Crippen molar-refractivity contribution in [1.82, 2.24) is 4.31 Å². The summed E-state index contributed by atoms with van der Waals surface area (Å²) in [4.78, 5) is 23.9. The highest BCUT2D eigenvalue weighted by atomic mass is 35.5. The lowest BCUT2D eigenvalue weighted by Crippen LogP contribution is -2.40. The average molecular weight is 462 g/mol. The molecule has 2 N–H and O–H groups in total. The first-order valence-electron chi connectivity index (χ1n) is 9.86. The summed E-state index contributed by atoms with van der Waals surface area (Å²) in [5.41, 5.74) is 1.73. The van der Waals surface area contributed by atoms with E-state index in [9.17, 15) is 18.0 Å². The van der Waals surface area contributed by atoms with E-state index in [1.807, 2.05) is 30.3 Å². The van der Waals surface area contributed by atoms with E-state index in [1.54, 1.807) is 24.3 Å². The molecule has 7 nitrogen and oxygen atoms in total. The third-order valence-corrected chi connectivity index (χ3v) is 6.86. The van der Waals surface area contributed by atoms with Crippen LogP contribution in [0, 0.1) is 5.92 Å². The van der Waals surface area contributed by atoms with Crippen LogP contribution in [0.4, 0.5) is 11.4 Å². The van der Waals surface area contributed by atoms with Crippen molar-refractivity contribution in [3.8, 4) is 0 Å². The van der Waals surface area contributed by atoms with Crippen molar-refractivity contribution in [1.29, 1.82) is 0 Å². The van der Waals surface area contributed by atoms with Gasteiger partial charge in [-0.15, -0.1) is 0 Å². The van der Waals surface area contributed by atoms with Gasteiger partial charge in [-0.25, -0.2) is 8.42 Å². The van der Waals surface area contributed by atoms with E-state index in [0.717, 1.165) is 5.56 Å². The van der Waals surface area contributed by atoms with Gasteiger partial charge >= 0.3 is 0 Å². The molecule has 0 bridgehead atoms. The first-order valence-corrected chi connectivity index (χ1v) is 11.7. The molecule has 0 saturated carbocycles. The van der Waals surface area contributed by atoms with E-state index < -0.39 is 10.0 Å². The summed E-state index contributed by atoms with van der Waals surface area (Å²) in [6, 6.07) is 14.0. The van der Waals surface area contributed by atoms with Gasteiger partial charge in [0, 0.05) is 37.0 Å². The second kappa shape index (κ2) is 10.1. The van der Waals surface area contributed by atoms with Crippen molar-refractivity contribution in [3.63, 3.8) is 0 Å². The number of piperidine rings is 1. The van der Waals surface area contributed by atoms with E-state index in [4.69, 9.17) is 11.6 Å². The monoisotopic (exact) mass is 461 g/mol. The van der Waals surface area contributed by atoms with Gasteiger partial charge in [0.1, 0.15) is 0 Å². The molecular weight excluding hydrogens is 438 g/mol. The Morgan fingerprint density at radius 1 is 1.06 bits per heavy atom. The standard InChI is InChI=1S/C22H24ClN3O4S/c1-16(27)24-19-7-8-20(23)21(15-19)25-22(28)18-9-12-26(13-10-18)31(29,30)14-11-17-5-3-2-4-6-17/h2-8,11,14-15,18H,9-10,12-13H2,1H3,(H,24,27)(H,25,28). The minimum absolute atomic E-state index is 0.223. The number of benzene rings is 2. The molecule has 1 fully saturated rings. The average Bonchev–Trinajstić information content (AvgIpc) is 2.75. The molecule has 1 aliphatic heterocycles. The molecule has 0 unspecified atom stereocenters. The second-order valence-corrected chi connectivity index (χ2v) is 9.52. The Kier molecular flexibility index (Phi) is 7.48. The normalized spacial score (nSPS) is 15.7. The fourth-order valence-electron chi connectivity index (χ4n) is 3.32.